The second-order valence-electron chi connectivity index (χ2n) is 7.74. The Morgan fingerprint density at radius 1 is 1.26 bits per heavy atom. The first kappa shape index (κ1) is 14.7. The van der Waals surface area contributed by atoms with Gasteiger partial charge in [-0.2, -0.15) is 5.10 Å². The van der Waals surface area contributed by atoms with Crippen LogP contribution in [-0.4, -0.2) is 11.6 Å². The van der Waals surface area contributed by atoms with Gasteiger partial charge in [0.2, 0.25) is 5.91 Å². The molecule has 1 heterocycles. The minimum atomic E-state index is -0.136. The van der Waals surface area contributed by atoms with Gasteiger partial charge in [0, 0.05) is 0 Å². The summed E-state index contributed by atoms with van der Waals surface area (Å²) in [6, 6.07) is 3.73. The maximum atomic E-state index is 12.8. The van der Waals surface area contributed by atoms with Crippen LogP contribution in [0.25, 0.3) is 6.08 Å². The molecule has 0 radical (unpaired) electrons. The lowest BCUT2D eigenvalue weighted by Gasteiger charge is -2.55. The van der Waals surface area contributed by atoms with Crippen LogP contribution in [0.4, 0.5) is 0 Å². The van der Waals surface area contributed by atoms with Gasteiger partial charge >= 0.3 is 0 Å². The Balaban J connectivity index is 1.41. The molecular formula is C19H24N2O2. The highest BCUT2D eigenvalue weighted by Gasteiger charge is 2.54. The Morgan fingerprint density at radius 2 is 1.91 bits per heavy atom. The van der Waals surface area contributed by atoms with Crippen LogP contribution in [0.2, 0.25) is 0 Å². The number of furan rings is 1. The van der Waals surface area contributed by atoms with Crippen LogP contribution in [0, 0.1) is 23.2 Å². The Kier molecular flexibility index (Phi) is 3.63. The van der Waals surface area contributed by atoms with Crippen LogP contribution in [0.15, 0.2) is 34.0 Å². The maximum Gasteiger partial charge on any atom is 0.246 e. The molecule has 4 fully saturated rings. The molecule has 23 heavy (non-hydrogen) atoms. The molecule has 5 rings (SSSR count). The quantitative estimate of drug-likeness (QED) is 0.675. The normalized spacial score (nSPS) is 35.9. The third-order valence-electron chi connectivity index (χ3n) is 5.89. The molecule has 0 atom stereocenters. The van der Waals surface area contributed by atoms with Gasteiger partial charge in [-0.1, -0.05) is 0 Å². The van der Waals surface area contributed by atoms with Crippen molar-refractivity contribution in [3.63, 3.8) is 0 Å². The highest BCUT2D eigenvalue weighted by atomic mass is 16.3. The summed E-state index contributed by atoms with van der Waals surface area (Å²) in [6.07, 6.45) is 12.6. The summed E-state index contributed by atoms with van der Waals surface area (Å²) in [5.41, 5.74) is 3.48. The van der Waals surface area contributed by atoms with E-state index in [0.29, 0.717) is 0 Å². The fraction of sp³-hybridized carbons (Fsp3) is 0.579. The molecule has 1 N–H and O–H groups in total. The Morgan fingerprint density at radius 3 is 2.48 bits per heavy atom. The maximum absolute atomic E-state index is 12.8. The van der Waals surface area contributed by atoms with Crippen molar-refractivity contribution in [3.05, 3.63) is 30.2 Å². The topological polar surface area (TPSA) is 54.6 Å². The second kappa shape index (κ2) is 5.66. The standard InChI is InChI=1S/C19H24N2O2/c1-13(4-5-17-3-2-6-23-17)20-21-18(22)19-10-14-7-15(11-19)9-16(8-14)12-19/h2-6,14-16H,7-12H2,1H3,(H,21,22). The number of nitrogens with one attached hydrogen (secondary N) is 1. The van der Waals surface area contributed by atoms with Crippen LogP contribution in [0.5, 0.6) is 0 Å². The van der Waals surface area contributed by atoms with E-state index in [1.54, 1.807) is 6.26 Å². The number of rotatable bonds is 4. The van der Waals surface area contributed by atoms with Crippen molar-refractivity contribution >= 4 is 17.7 Å². The summed E-state index contributed by atoms with van der Waals surface area (Å²) < 4.78 is 5.24. The lowest BCUT2D eigenvalue weighted by Crippen LogP contribution is -2.52. The number of carbonyl (C=O) groups excluding carboxylic acids is 1. The molecule has 4 heteroatoms. The first-order chi connectivity index (χ1) is 11.1. The fourth-order valence-electron chi connectivity index (χ4n) is 5.27. The van der Waals surface area contributed by atoms with E-state index in [1.165, 1.54) is 19.3 Å². The summed E-state index contributed by atoms with van der Waals surface area (Å²) in [7, 11) is 0. The van der Waals surface area contributed by atoms with Gasteiger partial charge in [0.15, 0.2) is 0 Å². The molecular weight excluding hydrogens is 288 g/mol. The molecule has 1 aromatic heterocycles. The van der Waals surface area contributed by atoms with E-state index < -0.39 is 0 Å². The van der Waals surface area contributed by atoms with Crippen molar-refractivity contribution in [3.8, 4) is 0 Å². The van der Waals surface area contributed by atoms with Gasteiger partial charge in [-0.25, -0.2) is 5.43 Å². The summed E-state index contributed by atoms with van der Waals surface area (Å²) in [5.74, 6) is 3.25. The number of hydrogen-bond acceptors (Lipinski definition) is 3. The predicted molar refractivity (Wildman–Crippen MR) is 89.6 cm³/mol. The zero-order valence-corrected chi connectivity index (χ0v) is 13.6. The third kappa shape index (κ3) is 2.87. The summed E-state index contributed by atoms with van der Waals surface area (Å²) in [4.78, 5) is 12.8. The van der Waals surface area contributed by atoms with Crippen LogP contribution in [0.3, 0.4) is 0 Å². The minimum absolute atomic E-state index is 0.136. The second-order valence-corrected chi connectivity index (χ2v) is 7.74. The van der Waals surface area contributed by atoms with Gasteiger partial charge in [-0.15, -0.1) is 0 Å². The molecule has 0 saturated heterocycles. The zero-order valence-electron chi connectivity index (χ0n) is 13.6. The van der Waals surface area contributed by atoms with Crippen molar-refractivity contribution in [2.24, 2.45) is 28.3 Å². The van der Waals surface area contributed by atoms with Crippen molar-refractivity contribution in [2.75, 3.05) is 0 Å². The molecule has 1 amide bonds. The molecule has 0 aromatic carbocycles. The van der Waals surface area contributed by atoms with Crippen molar-refractivity contribution in [1.82, 2.24) is 5.43 Å². The van der Waals surface area contributed by atoms with Crippen LogP contribution >= 0.6 is 0 Å². The van der Waals surface area contributed by atoms with Crippen LogP contribution in [0.1, 0.15) is 51.2 Å². The van der Waals surface area contributed by atoms with E-state index in [4.69, 9.17) is 4.42 Å². The van der Waals surface area contributed by atoms with E-state index in [2.05, 4.69) is 10.5 Å². The molecule has 4 bridgehead atoms. The Hall–Kier alpha value is -1.84. The molecule has 0 aliphatic heterocycles. The molecule has 0 unspecified atom stereocenters. The zero-order chi connectivity index (χ0) is 15.9. The largest absolute Gasteiger partial charge is 0.465 e. The first-order valence-corrected chi connectivity index (χ1v) is 8.69. The highest BCUT2D eigenvalue weighted by Crippen LogP contribution is 2.60. The number of hydrazone groups is 1. The molecule has 4 saturated carbocycles. The van der Waals surface area contributed by atoms with Gasteiger partial charge in [0.25, 0.3) is 0 Å². The first-order valence-electron chi connectivity index (χ1n) is 8.69. The van der Waals surface area contributed by atoms with E-state index in [-0.39, 0.29) is 11.3 Å². The summed E-state index contributed by atoms with van der Waals surface area (Å²) >= 11 is 0. The van der Waals surface area contributed by atoms with Gasteiger partial charge in [0.1, 0.15) is 5.76 Å². The van der Waals surface area contributed by atoms with Gasteiger partial charge in [-0.3, -0.25) is 4.79 Å². The average molecular weight is 312 g/mol. The van der Waals surface area contributed by atoms with Crippen molar-refractivity contribution < 1.29 is 9.21 Å². The number of hydrogen-bond donors (Lipinski definition) is 1. The molecule has 4 nitrogen and oxygen atoms in total. The predicted octanol–water partition coefficient (Wildman–Crippen LogP) is 4.00. The van der Waals surface area contributed by atoms with Crippen LogP contribution in [-0.2, 0) is 4.79 Å². The van der Waals surface area contributed by atoms with Crippen molar-refractivity contribution in [1.29, 1.82) is 0 Å². The summed E-state index contributed by atoms with van der Waals surface area (Å²) in [6.45, 7) is 1.89. The highest BCUT2D eigenvalue weighted by molar-refractivity contribution is 5.97. The molecule has 4 aliphatic rings. The molecule has 1 aromatic rings. The smallest absolute Gasteiger partial charge is 0.246 e. The average Bonchev–Trinajstić information content (AvgIpc) is 3.02. The van der Waals surface area contributed by atoms with Crippen LogP contribution < -0.4 is 5.43 Å². The Labute approximate surface area is 137 Å². The summed E-state index contributed by atoms with van der Waals surface area (Å²) in [5, 5.41) is 4.27. The van der Waals surface area contributed by atoms with E-state index in [0.717, 1.165) is 48.5 Å². The molecule has 0 spiro atoms. The number of amides is 1. The third-order valence-corrected chi connectivity index (χ3v) is 5.89. The lowest BCUT2D eigenvalue weighted by molar-refractivity contribution is -0.146. The molecule has 122 valence electrons. The molecule has 4 aliphatic carbocycles. The van der Waals surface area contributed by atoms with E-state index in [9.17, 15) is 4.79 Å². The Bertz CT molecular complexity index is 607. The lowest BCUT2D eigenvalue weighted by atomic mass is 9.49. The number of nitrogens with zero attached hydrogens (tertiary/aromatic N) is 1. The van der Waals surface area contributed by atoms with E-state index >= 15 is 0 Å². The monoisotopic (exact) mass is 312 g/mol. The minimum Gasteiger partial charge on any atom is -0.465 e. The van der Waals surface area contributed by atoms with Gasteiger partial charge < -0.3 is 4.42 Å². The van der Waals surface area contributed by atoms with Gasteiger partial charge in [0.05, 0.1) is 17.4 Å². The van der Waals surface area contributed by atoms with Gasteiger partial charge in [-0.05, 0) is 87.5 Å². The van der Waals surface area contributed by atoms with Crippen molar-refractivity contribution in [2.45, 2.75) is 45.4 Å². The fourth-order valence-corrected chi connectivity index (χ4v) is 5.27. The SMILES string of the molecule is CC(C=Cc1ccco1)=NNC(=O)C12CC3CC(CC(C3)C1)C2. The van der Waals surface area contributed by atoms with E-state index in [1.807, 2.05) is 31.2 Å². The number of allylic oxidation sites excluding steroid dienone is 1. The number of carbonyl (C=O) groups is 1.